The van der Waals surface area contributed by atoms with Gasteiger partial charge in [-0.1, -0.05) is 30.3 Å². The number of hydrogen-bond acceptors (Lipinski definition) is 3. The standard InChI is InChI=1S/C17H21NO2S/c1-13-9-11-21-17(13)15(18-10-5-8-16(19)20)12-14-6-3-2-4-7-14/h2-4,6-7,9,11,15,18H,5,8,10,12H2,1H3,(H,19,20). The van der Waals surface area contributed by atoms with E-state index in [-0.39, 0.29) is 12.5 Å². The average Bonchev–Trinajstić information content (AvgIpc) is 2.89. The molecule has 0 aliphatic carbocycles. The molecule has 112 valence electrons. The zero-order valence-electron chi connectivity index (χ0n) is 12.2. The zero-order valence-corrected chi connectivity index (χ0v) is 13.0. The first-order valence-corrected chi connectivity index (χ1v) is 8.08. The van der Waals surface area contributed by atoms with Crippen molar-refractivity contribution in [2.75, 3.05) is 6.54 Å². The van der Waals surface area contributed by atoms with Crippen LogP contribution in [0.5, 0.6) is 0 Å². The van der Waals surface area contributed by atoms with E-state index in [1.54, 1.807) is 11.3 Å². The summed E-state index contributed by atoms with van der Waals surface area (Å²) in [5.41, 5.74) is 2.59. The molecular formula is C17H21NO2S. The van der Waals surface area contributed by atoms with Gasteiger partial charge in [-0.3, -0.25) is 4.79 Å². The van der Waals surface area contributed by atoms with Gasteiger partial charge in [0.15, 0.2) is 0 Å². The van der Waals surface area contributed by atoms with Gasteiger partial charge in [-0.15, -0.1) is 11.3 Å². The van der Waals surface area contributed by atoms with Gasteiger partial charge in [0.05, 0.1) is 0 Å². The molecule has 1 atom stereocenters. The first-order valence-electron chi connectivity index (χ1n) is 7.20. The highest BCUT2D eigenvalue weighted by atomic mass is 32.1. The molecule has 2 rings (SSSR count). The van der Waals surface area contributed by atoms with Crippen LogP contribution >= 0.6 is 11.3 Å². The van der Waals surface area contributed by atoms with Crippen molar-refractivity contribution in [2.45, 2.75) is 32.2 Å². The molecule has 1 heterocycles. The fourth-order valence-corrected chi connectivity index (χ4v) is 3.37. The van der Waals surface area contributed by atoms with Crippen molar-refractivity contribution in [1.82, 2.24) is 5.32 Å². The molecule has 4 heteroatoms. The molecule has 1 aromatic heterocycles. The van der Waals surface area contributed by atoms with Crippen molar-refractivity contribution >= 4 is 17.3 Å². The normalized spacial score (nSPS) is 12.2. The maximum absolute atomic E-state index is 10.6. The first-order chi connectivity index (χ1) is 10.2. The van der Waals surface area contributed by atoms with Crippen LogP contribution in [0.4, 0.5) is 0 Å². The van der Waals surface area contributed by atoms with Crippen molar-refractivity contribution in [2.24, 2.45) is 0 Å². The number of thiophene rings is 1. The van der Waals surface area contributed by atoms with Crippen LogP contribution in [0.15, 0.2) is 41.8 Å². The first kappa shape index (κ1) is 15.7. The summed E-state index contributed by atoms with van der Waals surface area (Å²) in [5.74, 6) is -0.733. The number of carbonyl (C=O) groups is 1. The second kappa shape index (κ2) is 7.96. The second-order valence-corrected chi connectivity index (χ2v) is 6.11. The van der Waals surface area contributed by atoms with E-state index in [4.69, 9.17) is 5.11 Å². The third-order valence-electron chi connectivity index (χ3n) is 3.46. The van der Waals surface area contributed by atoms with Gasteiger partial charge in [-0.05, 0) is 48.9 Å². The topological polar surface area (TPSA) is 49.3 Å². The summed E-state index contributed by atoms with van der Waals surface area (Å²) in [7, 11) is 0. The molecule has 0 radical (unpaired) electrons. The largest absolute Gasteiger partial charge is 0.481 e. The molecule has 0 bridgehead atoms. The second-order valence-electron chi connectivity index (χ2n) is 5.16. The van der Waals surface area contributed by atoms with Crippen LogP contribution in [0.1, 0.15) is 34.9 Å². The molecule has 21 heavy (non-hydrogen) atoms. The molecule has 1 aromatic carbocycles. The van der Waals surface area contributed by atoms with Crippen molar-refractivity contribution in [3.8, 4) is 0 Å². The monoisotopic (exact) mass is 303 g/mol. The van der Waals surface area contributed by atoms with Crippen LogP contribution in [0.25, 0.3) is 0 Å². The van der Waals surface area contributed by atoms with E-state index >= 15 is 0 Å². The number of rotatable bonds is 8. The predicted molar refractivity (Wildman–Crippen MR) is 86.8 cm³/mol. The van der Waals surface area contributed by atoms with Crippen LogP contribution in [0.2, 0.25) is 0 Å². The Morgan fingerprint density at radius 2 is 2.05 bits per heavy atom. The van der Waals surface area contributed by atoms with Gasteiger partial charge in [-0.25, -0.2) is 0 Å². The summed E-state index contributed by atoms with van der Waals surface area (Å²) >= 11 is 1.76. The summed E-state index contributed by atoms with van der Waals surface area (Å²) < 4.78 is 0. The van der Waals surface area contributed by atoms with Gasteiger partial charge in [0.1, 0.15) is 0 Å². The highest BCUT2D eigenvalue weighted by molar-refractivity contribution is 7.10. The fourth-order valence-electron chi connectivity index (χ4n) is 2.36. The van der Waals surface area contributed by atoms with Gasteiger partial charge in [-0.2, -0.15) is 0 Å². The maximum Gasteiger partial charge on any atom is 0.303 e. The molecule has 0 saturated carbocycles. The van der Waals surface area contributed by atoms with Crippen LogP contribution < -0.4 is 5.32 Å². The molecule has 3 nitrogen and oxygen atoms in total. The van der Waals surface area contributed by atoms with Gasteiger partial charge < -0.3 is 10.4 Å². The third kappa shape index (κ3) is 4.99. The van der Waals surface area contributed by atoms with E-state index in [0.29, 0.717) is 6.42 Å². The van der Waals surface area contributed by atoms with Crippen LogP contribution in [-0.4, -0.2) is 17.6 Å². The summed E-state index contributed by atoms with van der Waals surface area (Å²) in [6, 6.07) is 12.8. The zero-order chi connectivity index (χ0) is 15.1. The lowest BCUT2D eigenvalue weighted by molar-refractivity contribution is -0.137. The van der Waals surface area contributed by atoms with Crippen LogP contribution in [0.3, 0.4) is 0 Å². The Bertz CT molecular complexity index is 565. The molecule has 2 aromatic rings. The smallest absolute Gasteiger partial charge is 0.303 e. The summed E-state index contributed by atoms with van der Waals surface area (Å²) in [4.78, 5) is 11.9. The molecular weight excluding hydrogens is 282 g/mol. The number of benzene rings is 1. The highest BCUT2D eigenvalue weighted by Gasteiger charge is 2.15. The number of carboxylic acids is 1. The number of hydrogen-bond donors (Lipinski definition) is 2. The molecule has 1 unspecified atom stereocenters. The Hall–Kier alpha value is -1.65. The van der Waals surface area contributed by atoms with Gasteiger partial charge in [0.25, 0.3) is 0 Å². The quantitative estimate of drug-likeness (QED) is 0.729. The fraction of sp³-hybridized carbons (Fsp3) is 0.353. The maximum atomic E-state index is 10.6. The highest BCUT2D eigenvalue weighted by Crippen LogP contribution is 2.26. The molecule has 0 aliphatic rings. The number of aryl methyl sites for hydroxylation is 1. The predicted octanol–water partition coefficient (Wildman–Crippen LogP) is 3.79. The minimum Gasteiger partial charge on any atom is -0.481 e. The Kier molecular flexibility index (Phi) is 5.96. The Morgan fingerprint density at radius 3 is 2.67 bits per heavy atom. The van der Waals surface area contributed by atoms with Gasteiger partial charge in [0.2, 0.25) is 0 Å². The van der Waals surface area contributed by atoms with Crippen molar-refractivity contribution < 1.29 is 9.90 Å². The molecule has 0 aliphatic heterocycles. The minimum absolute atomic E-state index is 0.217. The lowest BCUT2D eigenvalue weighted by Gasteiger charge is -2.19. The summed E-state index contributed by atoms with van der Waals surface area (Å²) in [5, 5.41) is 14.3. The van der Waals surface area contributed by atoms with Gasteiger partial charge in [0, 0.05) is 17.3 Å². The van der Waals surface area contributed by atoms with E-state index in [9.17, 15) is 4.79 Å². The minimum atomic E-state index is -0.733. The molecule has 0 amide bonds. The van der Waals surface area contributed by atoms with Crippen LogP contribution in [0, 0.1) is 6.92 Å². The molecule has 0 spiro atoms. The Balaban J connectivity index is 2.01. The van der Waals surface area contributed by atoms with Crippen molar-refractivity contribution in [3.05, 3.63) is 57.8 Å². The van der Waals surface area contributed by atoms with E-state index in [1.165, 1.54) is 16.0 Å². The lowest BCUT2D eigenvalue weighted by atomic mass is 10.0. The van der Waals surface area contributed by atoms with Gasteiger partial charge >= 0.3 is 5.97 Å². The SMILES string of the molecule is Cc1ccsc1C(Cc1ccccc1)NCCCC(=O)O. The van der Waals surface area contributed by atoms with Crippen LogP contribution in [-0.2, 0) is 11.2 Å². The van der Waals surface area contributed by atoms with E-state index in [0.717, 1.165) is 13.0 Å². The molecule has 2 N–H and O–H groups in total. The van der Waals surface area contributed by atoms with Crippen molar-refractivity contribution in [1.29, 1.82) is 0 Å². The van der Waals surface area contributed by atoms with E-state index in [1.807, 2.05) is 6.07 Å². The lowest BCUT2D eigenvalue weighted by Crippen LogP contribution is -2.24. The number of carboxylic acid groups (broad SMARTS) is 1. The average molecular weight is 303 g/mol. The molecule has 0 fully saturated rings. The number of nitrogens with one attached hydrogen (secondary N) is 1. The summed E-state index contributed by atoms with van der Waals surface area (Å²) in [6.45, 7) is 2.85. The Morgan fingerprint density at radius 1 is 1.29 bits per heavy atom. The number of aliphatic carboxylic acids is 1. The third-order valence-corrected chi connectivity index (χ3v) is 4.59. The Labute approximate surface area is 129 Å². The van der Waals surface area contributed by atoms with Crippen molar-refractivity contribution in [3.63, 3.8) is 0 Å². The van der Waals surface area contributed by atoms with E-state index in [2.05, 4.69) is 48.0 Å². The van der Waals surface area contributed by atoms with E-state index < -0.39 is 5.97 Å². The summed E-state index contributed by atoms with van der Waals surface area (Å²) in [6.07, 6.45) is 1.80. The molecule has 0 saturated heterocycles.